The average molecular weight is 272 g/mol. The van der Waals surface area contributed by atoms with Crippen molar-refractivity contribution in [2.75, 3.05) is 5.73 Å². The highest BCUT2D eigenvalue weighted by Crippen LogP contribution is 2.24. The third-order valence-corrected chi connectivity index (χ3v) is 3.12. The van der Waals surface area contributed by atoms with E-state index in [-0.39, 0.29) is 5.43 Å². The summed E-state index contributed by atoms with van der Waals surface area (Å²) in [5, 5.41) is 0.992. The Morgan fingerprint density at radius 3 is 2.47 bits per heavy atom. The van der Waals surface area contributed by atoms with Crippen molar-refractivity contribution in [3.8, 4) is 11.3 Å². The minimum atomic E-state index is -0.115. The molecule has 0 aliphatic rings. The second kappa shape index (κ2) is 4.44. The molecule has 0 saturated heterocycles. The number of nitrogens with two attached hydrogens (primary N) is 1. The van der Waals surface area contributed by atoms with Gasteiger partial charge < -0.3 is 10.2 Å². The van der Waals surface area contributed by atoms with Crippen LogP contribution in [0.15, 0.2) is 57.7 Å². The predicted molar refractivity (Wildman–Crippen MR) is 77.3 cm³/mol. The summed E-state index contributed by atoms with van der Waals surface area (Å²) in [6.07, 6.45) is 0. The van der Waals surface area contributed by atoms with Crippen LogP contribution >= 0.6 is 11.6 Å². The number of rotatable bonds is 1. The molecule has 3 nitrogen and oxygen atoms in total. The molecule has 0 unspecified atom stereocenters. The van der Waals surface area contributed by atoms with Gasteiger partial charge in [-0.15, -0.1) is 0 Å². The first-order valence-corrected chi connectivity index (χ1v) is 6.10. The van der Waals surface area contributed by atoms with Gasteiger partial charge in [-0.2, -0.15) is 0 Å². The molecule has 0 saturated carbocycles. The fourth-order valence-corrected chi connectivity index (χ4v) is 2.09. The van der Waals surface area contributed by atoms with E-state index in [1.54, 1.807) is 30.3 Å². The Morgan fingerprint density at radius 1 is 1.00 bits per heavy atom. The van der Waals surface area contributed by atoms with Gasteiger partial charge in [0, 0.05) is 22.3 Å². The van der Waals surface area contributed by atoms with Crippen LogP contribution in [0.5, 0.6) is 0 Å². The Morgan fingerprint density at radius 2 is 1.74 bits per heavy atom. The molecule has 1 heterocycles. The van der Waals surface area contributed by atoms with Crippen LogP contribution in [0.2, 0.25) is 5.02 Å². The van der Waals surface area contributed by atoms with Gasteiger partial charge in [0.1, 0.15) is 11.3 Å². The third kappa shape index (κ3) is 2.20. The van der Waals surface area contributed by atoms with Crippen molar-refractivity contribution in [3.05, 3.63) is 63.8 Å². The fraction of sp³-hybridized carbons (Fsp3) is 0. The summed E-state index contributed by atoms with van der Waals surface area (Å²) in [7, 11) is 0. The molecule has 0 aliphatic carbocycles. The first-order chi connectivity index (χ1) is 9.13. The second-order valence-electron chi connectivity index (χ2n) is 4.24. The van der Waals surface area contributed by atoms with Gasteiger partial charge in [-0.05, 0) is 42.5 Å². The van der Waals surface area contributed by atoms with Crippen LogP contribution in [0, 0.1) is 0 Å². The Labute approximate surface area is 114 Å². The Bertz CT molecular complexity index is 806. The van der Waals surface area contributed by atoms with Gasteiger partial charge in [-0.25, -0.2) is 0 Å². The summed E-state index contributed by atoms with van der Waals surface area (Å²) in [6, 6.07) is 13.6. The molecule has 2 N–H and O–H groups in total. The first-order valence-electron chi connectivity index (χ1n) is 5.73. The van der Waals surface area contributed by atoms with E-state index in [0.29, 0.717) is 27.4 Å². The zero-order chi connectivity index (χ0) is 13.4. The molecule has 0 fully saturated rings. The van der Waals surface area contributed by atoms with Crippen LogP contribution in [-0.2, 0) is 0 Å². The lowest BCUT2D eigenvalue weighted by atomic mass is 10.1. The van der Waals surface area contributed by atoms with Crippen molar-refractivity contribution in [2.45, 2.75) is 0 Å². The van der Waals surface area contributed by atoms with Crippen LogP contribution in [0.25, 0.3) is 22.3 Å². The van der Waals surface area contributed by atoms with Crippen molar-refractivity contribution in [3.63, 3.8) is 0 Å². The molecular weight excluding hydrogens is 262 g/mol. The largest absolute Gasteiger partial charge is 0.456 e. The maximum absolute atomic E-state index is 12.0. The smallest absolute Gasteiger partial charge is 0.193 e. The van der Waals surface area contributed by atoms with Crippen LogP contribution < -0.4 is 11.2 Å². The lowest BCUT2D eigenvalue weighted by molar-refractivity contribution is 0.619. The van der Waals surface area contributed by atoms with Gasteiger partial charge in [0.25, 0.3) is 0 Å². The molecule has 0 radical (unpaired) electrons. The lowest BCUT2D eigenvalue weighted by Crippen LogP contribution is -2.00. The molecule has 3 rings (SSSR count). The van der Waals surface area contributed by atoms with Crippen LogP contribution in [0.3, 0.4) is 0 Å². The van der Waals surface area contributed by atoms with Crippen molar-refractivity contribution >= 4 is 28.3 Å². The Hall–Kier alpha value is -2.26. The molecule has 3 aromatic rings. The highest BCUT2D eigenvalue weighted by molar-refractivity contribution is 6.31. The summed E-state index contributed by atoms with van der Waals surface area (Å²) < 4.78 is 5.72. The number of fused-ring (bicyclic) bond motifs is 1. The molecule has 94 valence electrons. The normalized spacial score (nSPS) is 10.8. The number of anilines is 1. The summed E-state index contributed by atoms with van der Waals surface area (Å²) >= 11 is 5.87. The highest BCUT2D eigenvalue weighted by Gasteiger charge is 2.07. The number of nitrogen functional groups attached to an aromatic ring is 1. The van der Waals surface area contributed by atoms with Crippen molar-refractivity contribution in [1.29, 1.82) is 0 Å². The predicted octanol–water partition coefficient (Wildman–Crippen LogP) is 3.70. The zero-order valence-electron chi connectivity index (χ0n) is 9.89. The van der Waals surface area contributed by atoms with E-state index >= 15 is 0 Å². The van der Waals surface area contributed by atoms with Crippen LogP contribution in [-0.4, -0.2) is 0 Å². The maximum Gasteiger partial charge on any atom is 0.193 e. The Kier molecular flexibility index (Phi) is 2.76. The van der Waals surface area contributed by atoms with Gasteiger partial charge in [0.15, 0.2) is 5.43 Å². The number of benzene rings is 2. The van der Waals surface area contributed by atoms with Crippen LogP contribution in [0.4, 0.5) is 5.69 Å². The molecule has 1 aromatic heterocycles. The lowest BCUT2D eigenvalue weighted by Gasteiger charge is -2.03. The maximum atomic E-state index is 12.0. The monoisotopic (exact) mass is 271 g/mol. The van der Waals surface area contributed by atoms with Gasteiger partial charge in [-0.3, -0.25) is 4.79 Å². The quantitative estimate of drug-likeness (QED) is 0.687. The standard InChI is InChI=1S/C15H10ClNO2/c16-10-3-6-14-12(7-10)13(18)8-15(19-14)9-1-4-11(17)5-2-9/h1-8H,17H2. The van der Waals surface area contributed by atoms with Crippen molar-refractivity contribution in [1.82, 2.24) is 0 Å². The molecular formula is C15H10ClNO2. The van der Waals surface area contributed by atoms with Gasteiger partial charge in [-0.1, -0.05) is 11.6 Å². The van der Waals surface area contributed by atoms with Gasteiger partial charge >= 0.3 is 0 Å². The summed E-state index contributed by atoms with van der Waals surface area (Å²) in [4.78, 5) is 12.0. The Balaban J connectivity index is 2.24. The molecule has 0 spiro atoms. The molecule has 0 atom stereocenters. The van der Waals surface area contributed by atoms with E-state index in [4.69, 9.17) is 21.8 Å². The number of halogens is 1. The summed E-state index contributed by atoms with van der Waals surface area (Å²) in [6.45, 7) is 0. The van der Waals surface area contributed by atoms with Crippen LogP contribution in [0.1, 0.15) is 0 Å². The topological polar surface area (TPSA) is 56.2 Å². The minimum Gasteiger partial charge on any atom is -0.456 e. The average Bonchev–Trinajstić information content (AvgIpc) is 2.40. The van der Waals surface area contributed by atoms with Gasteiger partial charge in [0.05, 0.1) is 5.39 Å². The second-order valence-corrected chi connectivity index (χ2v) is 4.67. The van der Waals surface area contributed by atoms with E-state index in [1.165, 1.54) is 6.07 Å². The molecule has 4 heteroatoms. The van der Waals surface area contributed by atoms with E-state index < -0.39 is 0 Å². The first kappa shape index (κ1) is 11.8. The molecule has 0 bridgehead atoms. The van der Waals surface area contributed by atoms with Crippen molar-refractivity contribution in [2.24, 2.45) is 0 Å². The van der Waals surface area contributed by atoms with E-state index in [9.17, 15) is 4.79 Å². The molecule has 0 amide bonds. The van der Waals surface area contributed by atoms with E-state index in [0.717, 1.165) is 5.56 Å². The number of hydrogen-bond donors (Lipinski definition) is 1. The molecule has 2 aromatic carbocycles. The zero-order valence-corrected chi connectivity index (χ0v) is 10.6. The van der Waals surface area contributed by atoms with Crippen molar-refractivity contribution < 1.29 is 4.42 Å². The van der Waals surface area contributed by atoms with Gasteiger partial charge in [0.2, 0.25) is 0 Å². The molecule has 19 heavy (non-hydrogen) atoms. The highest BCUT2D eigenvalue weighted by atomic mass is 35.5. The molecule has 0 aliphatic heterocycles. The van der Waals surface area contributed by atoms with E-state index in [1.807, 2.05) is 12.1 Å². The minimum absolute atomic E-state index is 0.115. The summed E-state index contributed by atoms with van der Waals surface area (Å²) in [5.41, 5.74) is 7.51. The fourth-order valence-electron chi connectivity index (χ4n) is 1.92. The SMILES string of the molecule is Nc1ccc(-c2cc(=O)c3cc(Cl)ccc3o2)cc1. The van der Waals surface area contributed by atoms with E-state index in [2.05, 4.69) is 0 Å². The summed E-state index contributed by atoms with van der Waals surface area (Å²) in [5.74, 6) is 0.514. The number of hydrogen-bond acceptors (Lipinski definition) is 3. The third-order valence-electron chi connectivity index (χ3n) is 2.88.